The van der Waals surface area contributed by atoms with Crippen LogP contribution in [0.1, 0.15) is 70.8 Å². The number of hydrogen-bond acceptors (Lipinski definition) is 12. The van der Waals surface area contributed by atoms with E-state index in [-0.39, 0.29) is 17.7 Å². The number of amides is 2. The number of aliphatic hydroxyl groups excluding tert-OH is 1. The third kappa shape index (κ3) is 9.37. The van der Waals surface area contributed by atoms with E-state index in [1.165, 1.54) is 39.0 Å². The molecule has 1 saturated heterocycles. The maximum Gasteiger partial charge on any atom is 0.348 e. The first kappa shape index (κ1) is 39.5. The van der Waals surface area contributed by atoms with Crippen molar-refractivity contribution in [2.75, 3.05) is 5.32 Å². The van der Waals surface area contributed by atoms with E-state index in [9.17, 15) is 39.0 Å². The van der Waals surface area contributed by atoms with Crippen LogP contribution in [0.4, 0.5) is 5.69 Å². The molecule has 14 nitrogen and oxygen atoms in total. The summed E-state index contributed by atoms with van der Waals surface area (Å²) in [5, 5.41) is 26.9. The lowest BCUT2D eigenvalue weighted by Gasteiger charge is -2.35. The van der Waals surface area contributed by atoms with Crippen molar-refractivity contribution < 1.29 is 57.9 Å². The third-order valence-corrected chi connectivity index (χ3v) is 8.68. The first-order valence-corrected chi connectivity index (χ1v) is 16.4. The monoisotopic (exact) mass is 698 g/mol. The number of carbonyl (C=O) groups excluding carboxylic acids is 6. The van der Waals surface area contributed by atoms with Crippen LogP contribution in [0.2, 0.25) is 0 Å². The summed E-state index contributed by atoms with van der Waals surface area (Å²) >= 11 is 0. The minimum atomic E-state index is -1.76. The van der Waals surface area contributed by atoms with Gasteiger partial charge in [-0.1, -0.05) is 64.1 Å². The average Bonchev–Trinajstić information content (AvgIpc) is 3.07. The van der Waals surface area contributed by atoms with Crippen molar-refractivity contribution in [1.82, 2.24) is 5.32 Å². The summed E-state index contributed by atoms with van der Waals surface area (Å²) < 4.78 is 22.7. The van der Waals surface area contributed by atoms with Gasteiger partial charge in [-0.15, -0.1) is 0 Å². The van der Waals surface area contributed by atoms with E-state index in [2.05, 4.69) is 10.6 Å². The lowest BCUT2D eigenvalue weighted by atomic mass is 9.81. The topological polar surface area (TPSA) is 204 Å². The number of benzene rings is 2. The van der Waals surface area contributed by atoms with Gasteiger partial charge in [0.2, 0.25) is 18.6 Å². The number of rotatable bonds is 9. The van der Waals surface area contributed by atoms with E-state index in [4.69, 9.17) is 18.9 Å². The summed E-state index contributed by atoms with van der Waals surface area (Å²) in [7, 11) is 0. The molecule has 0 saturated carbocycles. The average molecular weight is 699 g/mol. The molecular weight excluding hydrogens is 652 g/mol. The fourth-order valence-electron chi connectivity index (χ4n) is 5.21. The highest BCUT2D eigenvalue weighted by molar-refractivity contribution is 6.01. The van der Waals surface area contributed by atoms with Gasteiger partial charge in [-0.25, -0.2) is 14.4 Å². The molecule has 1 heterocycles. The Morgan fingerprint density at radius 2 is 1.54 bits per heavy atom. The fourth-order valence-corrected chi connectivity index (χ4v) is 5.21. The fraction of sp³-hybridized carbons (Fsp3) is 0.500. The van der Waals surface area contributed by atoms with Gasteiger partial charge in [0.05, 0.1) is 16.7 Å². The van der Waals surface area contributed by atoms with E-state index >= 15 is 0 Å². The van der Waals surface area contributed by atoms with Crippen LogP contribution in [0.3, 0.4) is 0 Å². The maximum absolute atomic E-state index is 13.8. The summed E-state index contributed by atoms with van der Waals surface area (Å²) in [4.78, 5) is 79.3. The number of phenols is 1. The second-order valence-corrected chi connectivity index (χ2v) is 13.2. The number of hydrogen-bond donors (Lipinski definition) is 4. The van der Waals surface area contributed by atoms with Gasteiger partial charge in [0, 0.05) is 18.3 Å². The van der Waals surface area contributed by atoms with Crippen molar-refractivity contribution in [3.8, 4) is 5.75 Å². The van der Waals surface area contributed by atoms with Crippen molar-refractivity contribution in [3.05, 3.63) is 59.7 Å². The number of phenolic OH excluding ortho intramolecular Hbond substituents is 1. The van der Waals surface area contributed by atoms with Crippen LogP contribution in [0.5, 0.6) is 5.75 Å². The number of carbonyl (C=O) groups is 6. The van der Waals surface area contributed by atoms with Crippen molar-refractivity contribution in [1.29, 1.82) is 0 Å². The van der Waals surface area contributed by atoms with E-state index in [1.807, 2.05) is 0 Å². The first-order chi connectivity index (χ1) is 23.5. The van der Waals surface area contributed by atoms with Crippen LogP contribution < -0.4 is 10.6 Å². The molecule has 2 aromatic carbocycles. The summed E-state index contributed by atoms with van der Waals surface area (Å²) in [5.41, 5.74) is -1.48. The van der Waals surface area contributed by atoms with E-state index < -0.39 is 89.3 Å². The molecule has 1 unspecified atom stereocenters. The van der Waals surface area contributed by atoms with Crippen molar-refractivity contribution >= 4 is 41.9 Å². The van der Waals surface area contributed by atoms with Gasteiger partial charge in [-0.3, -0.25) is 14.4 Å². The number of anilines is 1. The molecule has 2 aromatic rings. The minimum absolute atomic E-state index is 0.0305. The molecule has 3 rings (SSSR count). The van der Waals surface area contributed by atoms with Crippen LogP contribution >= 0.6 is 0 Å². The zero-order valence-electron chi connectivity index (χ0n) is 29.2. The zero-order chi connectivity index (χ0) is 37.3. The van der Waals surface area contributed by atoms with E-state index in [0.717, 1.165) is 0 Å². The van der Waals surface area contributed by atoms with Crippen LogP contribution in [0.15, 0.2) is 48.5 Å². The zero-order valence-corrected chi connectivity index (χ0v) is 29.2. The maximum atomic E-state index is 13.8. The molecule has 272 valence electrons. The van der Waals surface area contributed by atoms with Crippen molar-refractivity contribution in [2.24, 2.45) is 17.3 Å². The number of aliphatic hydroxyl groups is 1. The molecule has 1 fully saturated rings. The number of esters is 4. The largest absolute Gasteiger partial charge is 0.505 e. The predicted octanol–water partition coefficient (Wildman–Crippen LogP) is 3.07. The molecule has 4 N–H and O–H groups in total. The second kappa shape index (κ2) is 17.1. The Bertz CT molecular complexity index is 1540. The molecule has 7 atom stereocenters. The molecule has 0 radical (unpaired) electrons. The summed E-state index contributed by atoms with van der Waals surface area (Å²) in [6.07, 6.45) is -6.89. The third-order valence-electron chi connectivity index (χ3n) is 8.68. The van der Waals surface area contributed by atoms with E-state index in [0.29, 0.717) is 18.4 Å². The number of cyclic esters (lactones) is 4. The Hall–Kier alpha value is -4.98. The van der Waals surface area contributed by atoms with Gasteiger partial charge in [0.25, 0.3) is 5.91 Å². The van der Waals surface area contributed by atoms with Crippen LogP contribution in [-0.4, -0.2) is 83.0 Å². The van der Waals surface area contributed by atoms with Crippen molar-refractivity contribution in [2.45, 2.75) is 97.9 Å². The van der Waals surface area contributed by atoms with Crippen LogP contribution in [0.25, 0.3) is 0 Å². The summed E-state index contributed by atoms with van der Waals surface area (Å²) in [6.45, 7) is 10.6. The molecule has 14 heteroatoms. The van der Waals surface area contributed by atoms with Crippen LogP contribution in [0, 0.1) is 17.3 Å². The van der Waals surface area contributed by atoms with Crippen LogP contribution in [-0.2, 0) is 49.3 Å². The SMILES string of the molecule is CC[C@H](C)[C@@H]1OC(=O)C(C)(C)[C@@H](O)[C@@H](Cc2ccccc2)OC(=O)C(C(C)C)OC(=O)[C@@H](NC(=O)c2cccc(NC=O)c2O)[C@@H](C)OC1=O. The highest BCUT2D eigenvalue weighted by atomic mass is 16.6. The number of aromatic hydroxyl groups is 1. The van der Waals surface area contributed by atoms with Gasteiger partial charge in [0.1, 0.15) is 18.3 Å². The molecular formula is C36H46N2O12. The Morgan fingerprint density at radius 1 is 0.900 bits per heavy atom. The first-order valence-electron chi connectivity index (χ1n) is 16.4. The molecule has 1 aliphatic rings. The Balaban J connectivity index is 2.12. The van der Waals surface area contributed by atoms with Gasteiger partial charge in [0.15, 0.2) is 11.8 Å². The molecule has 2 amide bonds. The van der Waals surface area contributed by atoms with Gasteiger partial charge < -0.3 is 39.8 Å². The predicted molar refractivity (Wildman–Crippen MR) is 178 cm³/mol. The smallest absolute Gasteiger partial charge is 0.348 e. The standard InChI is InChI=1S/C36H46N2O12/c1-8-20(4)29-34(45)47-21(5)26(38-31(42)23-15-12-16-24(27(23)40)37-18-39)32(43)49-28(19(2)3)33(44)48-25(17-22-13-10-9-11-14-22)30(41)36(6,7)35(46)50-29/h9-16,18-21,25-26,28-30,40-41H,8,17H2,1-7H3,(H,37,39)(H,38,42)/t20-,21+,25+,26-,28?,29-,30-/m0/s1. The van der Waals surface area contributed by atoms with Gasteiger partial charge in [-0.2, -0.15) is 0 Å². The second-order valence-electron chi connectivity index (χ2n) is 13.2. The summed E-state index contributed by atoms with van der Waals surface area (Å²) in [5.74, 6) is -7.13. The van der Waals surface area contributed by atoms with Gasteiger partial charge in [-0.05, 0) is 44.9 Å². The lowest BCUT2D eigenvalue weighted by molar-refractivity contribution is -0.190. The Morgan fingerprint density at radius 3 is 2.14 bits per heavy atom. The quantitative estimate of drug-likeness (QED) is 0.129. The molecule has 0 aliphatic carbocycles. The molecule has 0 aromatic heterocycles. The normalized spacial score (nSPS) is 25.5. The van der Waals surface area contributed by atoms with E-state index in [1.54, 1.807) is 58.0 Å². The number of ether oxygens (including phenoxy) is 4. The molecule has 1 aliphatic heterocycles. The number of nitrogens with one attached hydrogen (secondary N) is 2. The van der Waals surface area contributed by atoms with Crippen molar-refractivity contribution in [3.63, 3.8) is 0 Å². The Kier molecular flexibility index (Phi) is 13.5. The molecule has 0 bridgehead atoms. The highest BCUT2D eigenvalue weighted by Gasteiger charge is 2.47. The summed E-state index contributed by atoms with van der Waals surface area (Å²) in [6, 6.07) is 10.9. The minimum Gasteiger partial charge on any atom is -0.505 e. The van der Waals surface area contributed by atoms with Gasteiger partial charge >= 0.3 is 23.9 Å². The Labute approximate surface area is 290 Å². The highest BCUT2D eigenvalue weighted by Crippen LogP contribution is 2.32. The molecule has 50 heavy (non-hydrogen) atoms. The lowest BCUT2D eigenvalue weighted by Crippen LogP contribution is -2.52. The molecule has 0 spiro atoms. The number of para-hydroxylation sites is 1.